The smallest absolute Gasteiger partial charge is 0.165 e. The minimum Gasteiger partial charge on any atom is -0.493 e. The van der Waals surface area contributed by atoms with Crippen molar-refractivity contribution in [2.24, 2.45) is 0 Å². The van der Waals surface area contributed by atoms with Crippen molar-refractivity contribution in [2.45, 2.75) is 32.7 Å². The Labute approximate surface area is 172 Å². The molecule has 0 bridgehead atoms. The van der Waals surface area contributed by atoms with E-state index in [4.69, 9.17) is 13.9 Å². The van der Waals surface area contributed by atoms with Gasteiger partial charge >= 0.3 is 0 Å². The number of nitrogens with zero attached hydrogens (tertiary/aromatic N) is 2. The normalized spacial score (nSPS) is 15.3. The molecule has 0 saturated heterocycles. The number of ether oxygens (including phenoxy) is 2. The predicted molar refractivity (Wildman–Crippen MR) is 113 cm³/mol. The van der Waals surface area contributed by atoms with Gasteiger partial charge in [-0.1, -0.05) is 13.0 Å². The van der Waals surface area contributed by atoms with Gasteiger partial charge in [0.15, 0.2) is 11.5 Å². The van der Waals surface area contributed by atoms with Crippen LogP contribution >= 0.6 is 0 Å². The quantitative estimate of drug-likeness (QED) is 0.588. The zero-order valence-electron chi connectivity index (χ0n) is 17.4. The summed E-state index contributed by atoms with van der Waals surface area (Å²) >= 11 is 0. The van der Waals surface area contributed by atoms with Gasteiger partial charge in [0.1, 0.15) is 18.1 Å². The number of furan rings is 1. The first kappa shape index (κ1) is 19.5. The van der Waals surface area contributed by atoms with Crippen molar-refractivity contribution in [1.29, 1.82) is 0 Å². The molecule has 5 nitrogen and oxygen atoms in total. The summed E-state index contributed by atoms with van der Waals surface area (Å²) in [4.78, 5) is 6.70. The van der Waals surface area contributed by atoms with Crippen LogP contribution in [-0.2, 0) is 6.54 Å². The molecule has 0 amide bonds. The molecular formula is C24H28N2O3. The average molecular weight is 392 g/mol. The molecule has 3 aromatic rings. The number of benzene rings is 1. The molecule has 152 valence electrons. The molecule has 3 heterocycles. The van der Waals surface area contributed by atoms with Crippen molar-refractivity contribution in [1.82, 2.24) is 9.88 Å². The van der Waals surface area contributed by atoms with E-state index in [0.717, 1.165) is 65.8 Å². The maximum Gasteiger partial charge on any atom is 0.165 e. The van der Waals surface area contributed by atoms with Crippen LogP contribution in [-0.4, -0.2) is 36.7 Å². The molecular weight excluding hydrogens is 364 g/mol. The molecule has 1 atom stereocenters. The van der Waals surface area contributed by atoms with Gasteiger partial charge in [-0.15, -0.1) is 0 Å². The molecule has 0 fully saturated rings. The summed E-state index contributed by atoms with van der Waals surface area (Å²) in [5.74, 6) is 4.07. The van der Waals surface area contributed by atoms with E-state index >= 15 is 0 Å². The van der Waals surface area contributed by atoms with E-state index in [0.29, 0.717) is 12.5 Å². The minimum absolute atomic E-state index is 0.392. The van der Waals surface area contributed by atoms with Crippen LogP contribution in [0, 0.1) is 6.92 Å². The lowest BCUT2D eigenvalue weighted by molar-refractivity contribution is 0.216. The first-order chi connectivity index (χ1) is 14.1. The molecule has 0 aliphatic carbocycles. The second kappa shape index (κ2) is 8.70. The first-order valence-corrected chi connectivity index (χ1v) is 10.2. The van der Waals surface area contributed by atoms with Crippen molar-refractivity contribution in [3.63, 3.8) is 0 Å². The highest BCUT2D eigenvalue weighted by atomic mass is 16.5. The Morgan fingerprint density at radius 1 is 1.21 bits per heavy atom. The fourth-order valence-electron chi connectivity index (χ4n) is 3.82. The van der Waals surface area contributed by atoms with Crippen molar-refractivity contribution in [3.8, 4) is 22.6 Å². The summed E-state index contributed by atoms with van der Waals surface area (Å²) in [5, 5.41) is 0. The second-order valence-electron chi connectivity index (χ2n) is 7.67. The van der Waals surface area contributed by atoms with E-state index in [1.807, 2.05) is 31.3 Å². The number of hydrogen-bond donors (Lipinski definition) is 0. The summed E-state index contributed by atoms with van der Waals surface area (Å²) in [5.41, 5.74) is 3.33. The Morgan fingerprint density at radius 3 is 2.83 bits per heavy atom. The molecule has 1 aliphatic rings. The molecule has 4 rings (SSSR count). The monoisotopic (exact) mass is 392 g/mol. The lowest BCUT2D eigenvalue weighted by Gasteiger charge is -2.21. The second-order valence-corrected chi connectivity index (χ2v) is 7.67. The SMILES string of the molecule is COc1cc(-c2cccnc2)cc2c1OCCN(CCC(C)c1ccc(C)o1)C2. The fraction of sp³-hybridized carbons (Fsp3) is 0.375. The number of hydrogen-bond acceptors (Lipinski definition) is 5. The van der Waals surface area contributed by atoms with Crippen molar-refractivity contribution in [2.75, 3.05) is 26.8 Å². The van der Waals surface area contributed by atoms with E-state index < -0.39 is 0 Å². The number of fused-ring (bicyclic) bond motifs is 1. The largest absolute Gasteiger partial charge is 0.493 e. The maximum absolute atomic E-state index is 6.09. The zero-order valence-corrected chi connectivity index (χ0v) is 17.4. The van der Waals surface area contributed by atoms with Crippen LogP contribution in [0.3, 0.4) is 0 Å². The number of aromatic nitrogens is 1. The van der Waals surface area contributed by atoms with Crippen LogP contribution in [0.15, 0.2) is 53.2 Å². The maximum atomic E-state index is 6.09. The van der Waals surface area contributed by atoms with Gasteiger partial charge in [-0.2, -0.15) is 0 Å². The van der Waals surface area contributed by atoms with Crippen LogP contribution in [0.5, 0.6) is 11.5 Å². The summed E-state index contributed by atoms with van der Waals surface area (Å²) in [6, 6.07) is 12.4. The number of pyridine rings is 1. The number of aryl methyl sites for hydroxylation is 1. The highest BCUT2D eigenvalue weighted by Gasteiger charge is 2.21. The molecule has 0 spiro atoms. The van der Waals surface area contributed by atoms with Crippen molar-refractivity contribution in [3.05, 3.63) is 65.9 Å². The molecule has 0 saturated carbocycles. The molecule has 0 N–H and O–H groups in total. The Kier molecular flexibility index (Phi) is 5.86. The Balaban J connectivity index is 1.52. The fourth-order valence-corrected chi connectivity index (χ4v) is 3.82. The Hall–Kier alpha value is -2.79. The third kappa shape index (κ3) is 4.46. The van der Waals surface area contributed by atoms with Gasteiger partial charge in [-0.3, -0.25) is 9.88 Å². The summed E-state index contributed by atoms with van der Waals surface area (Å²) in [6.07, 6.45) is 4.71. The van der Waals surface area contributed by atoms with E-state index in [9.17, 15) is 0 Å². The van der Waals surface area contributed by atoms with E-state index in [2.05, 4.69) is 35.0 Å². The van der Waals surface area contributed by atoms with E-state index in [1.54, 1.807) is 13.3 Å². The molecule has 5 heteroatoms. The van der Waals surface area contributed by atoms with Gasteiger partial charge in [0.2, 0.25) is 0 Å². The lowest BCUT2D eigenvalue weighted by Crippen LogP contribution is -2.27. The van der Waals surface area contributed by atoms with E-state index in [-0.39, 0.29) is 0 Å². The third-order valence-electron chi connectivity index (χ3n) is 5.52. The number of rotatable bonds is 6. The molecule has 29 heavy (non-hydrogen) atoms. The lowest BCUT2D eigenvalue weighted by atomic mass is 10.0. The highest BCUT2D eigenvalue weighted by Crippen LogP contribution is 2.38. The number of methoxy groups -OCH3 is 1. The topological polar surface area (TPSA) is 47.7 Å². The summed E-state index contributed by atoms with van der Waals surface area (Å²) in [6.45, 7) is 7.59. The molecule has 2 aromatic heterocycles. The van der Waals surface area contributed by atoms with Gasteiger partial charge in [-0.05, 0) is 55.8 Å². The van der Waals surface area contributed by atoms with Gasteiger partial charge in [0.05, 0.1) is 7.11 Å². The van der Waals surface area contributed by atoms with Gasteiger partial charge in [-0.25, -0.2) is 0 Å². The van der Waals surface area contributed by atoms with Crippen molar-refractivity contribution < 1.29 is 13.9 Å². The van der Waals surface area contributed by atoms with Crippen LogP contribution in [0.25, 0.3) is 11.1 Å². The van der Waals surface area contributed by atoms with Crippen LogP contribution in [0.4, 0.5) is 0 Å². The van der Waals surface area contributed by atoms with Gasteiger partial charge in [0, 0.05) is 42.5 Å². The molecule has 1 aliphatic heterocycles. The predicted octanol–water partition coefficient (Wildman–Crippen LogP) is 5.05. The standard InChI is InChI=1S/C24H28N2O3/c1-17(22-7-6-18(2)29-22)8-10-26-11-12-28-24-21(16-26)13-20(14-23(24)27-3)19-5-4-9-25-15-19/h4-7,9,13-15,17H,8,10-12,16H2,1-3H3. The Morgan fingerprint density at radius 2 is 2.10 bits per heavy atom. The van der Waals surface area contributed by atoms with Crippen molar-refractivity contribution >= 4 is 0 Å². The van der Waals surface area contributed by atoms with Crippen LogP contribution in [0.2, 0.25) is 0 Å². The third-order valence-corrected chi connectivity index (χ3v) is 5.52. The van der Waals surface area contributed by atoms with E-state index in [1.165, 1.54) is 0 Å². The van der Waals surface area contributed by atoms with Crippen LogP contribution in [0.1, 0.15) is 36.3 Å². The summed E-state index contributed by atoms with van der Waals surface area (Å²) in [7, 11) is 1.70. The highest BCUT2D eigenvalue weighted by molar-refractivity contribution is 5.68. The first-order valence-electron chi connectivity index (χ1n) is 10.2. The average Bonchev–Trinajstić information content (AvgIpc) is 3.08. The van der Waals surface area contributed by atoms with Gasteiger partial charge < -0.3 is 13.9 Å². The summed E-state index contributed by atoms with van der Waals surface area (Å²) < 4.78 is 17.5. The molecule has 0 radical (unpaired) electrons. The molecule has 1 aromatic carbocycles. The van der Waals surface area contributed by atoms with Gasteiger partial charge in [0.25, 0.3) is 0 Å². The zero-order chi connectivity index (χ0) is 20.2. The minimum atomic E-state index is 0.392. The Bertz CT molecular complexity index is 952. The molecule has 1 unspecified atom stereocenters. The van der Waals surface area contributed by atoms with Crippen LogP contribution < -0.4 is 9.47 Å².